The van der Waals surface area contributed by atoms with Gasteiger partial charge in [-0.25, -0.2) is 9.59 Å². The van der Waals surface area contributed by atoms with Gasteiger partial charge in [0, 0.05) is 5.92 Å². The van der Waals surface area contributed by atoms with Crippen molar-refractivity contribution in [2.75, 3.05) is 13.2 Å². The van der Waals surface area contributed by atoms with Crippen LogP contribution in [0.3, 0.4) is 0 Å². The number of nitrogens with one attached hydrogen (secondary N) is 1. The summed E-state index contributed by atoms with van der Waals surface area (Å²) in [6.07, 6.45) is -2.00. The normalized spacial score (nSPS) is 15.3. The van der Waals surface area contributed by atoms with E-state index >= 15 is 0 Å². The molecule has 1 aliphatic rings. The predicted octanol–water partition coefficient (Wildman–Crippen LogP) is 2.49. The Morgan fingerprint density at radius 2 is 1.51 bits per heavy atom. The van der Waals surface area contributed by atoms with Gasteiger partial charge in [0.25, 0.3) is 0 Å². The van der Waals surface area contributed by atoms with Crippen molar-refractivity contribution in [1.29, 1.82) is 0 Å². The molecule has 0 bridgehead atoms. The highest BCUT2D eigenvalue weighted by molar-refractivity contribution is 5.83. The fourth-order valence-corrected chi connectivity index (χ4v) is 3.78. The van der Waals surface area contributed by atoms with Crippen LogP contribution in [-0.4, -0.2) is 60.1 Å². The van der Waals surface area contributed by atoms with Crippen LogP contribution < -0.4 is 11.1 Å². The molecule has 0 saturated heterocycles. The summed E-state index contributed by atoms with van der Waals surface area (Å²) in [6.45, 7) is 5.87. The molecule has 188 valence electrons. The lowest BCUT2D eigenvalue weighted by atomic mass is 9.98. The molecule has 0 aliphatic heterocycles. The number of hydrogen-bond acceptors (Lipinski definition) is 8. The average molecular weight is 485 g/mol. The van der Waals surface area contributed by atoms with Gasteiger partial charge in [-0.2, -0.15) is 0 Å². The third kappa shape index (κ3) is 6.58. The van der Waals surface area contributed by atoms with Crippen LogP contribution in [0.25, 0.3) is 11.1 Å². The SMILES string of the molecule is C[C@@H](O)[C@H](N)C(=O)OC[C@H](NC(=O)OCC1c2ccccc2-c2ccccc21)C(=O)OC(C)(C)C. The van der Waals surface area contributed by atoms with Gasteiger partial charge in [0.1, 0.15) is 24.9 Å². The van der Waals surface area contributed by atoms with E-state index in [0.29, 0.717) is 0 Å². The van der Waals surface area contributed by atoms with E-state index in [1.54, 1.807) is 20.8 Å². The minimum atomic E-state index is -1.32. The highest BCUT2D eigenvalue weighted by Crippen LogP contribution is 2.44. The number of amides is 1. The standard InChI is InChI=1S/C26H32N2O7/c1-15(29)22(27)24(31)33-14-21(23(30)35-26(2,3)4)28-25(32)34-13-20-18-11-7-5-9-16(18)17-10-6-8-12-19(17)20/h5-12,15,20-22,29H,13-14,27H2,1-4H3,(H,28,32)/t15-,21+,22+/m1/s1. The zero-order valence-corrected chi connectivity index (χ0v) is 20.3. The highest BCUT2D eigenvalue weighted by atomic mass is 16.6. The fourth-order valence-electron chi connectivity index (χ4n) is 3.78. The zero-order valence-electron chi connectivity index (χ0n) is 20.3. The molecule has 0 heterocycles. The first kappa shape index (κ1) is 26.2. The number of aliphatic hydroxyl groups excluding tert-OH is 1. The Hall–Kier alpha value is -3.43. The molecule has 9 heteroatoms. The van der Waals surface area contributed by atoms with Crippen molar-refractivity contribution in [3.8, 4) is 11.1 Å². The van der Waals surface area contributed by atoms with Crippen molar-refractivity contribution in [3.63, 3.8) is 0 Å². The van der Waals surface area contributed by atoms with Gasteiger partial charge in [0.05, 0.1) is 6.10 Å². The van der Waals surface area contributed by atoms with Gasteiger partial charge >= 0.3 is 18.0 Å². The molecule has 0 spiro atoms. The van der Waals surface area contributed by atoms with E-state index in [1.807, 2.05) is 48.5 Å². The van der Waals surface area contributed by atoms with Crippen LogP contribution in [0.2, 0.25) is 0 Å². The number of carbonyl (C=O) groups is 3. The first-order chi connectivity index (χ1) is 16.5. The van der Waals surface area contributed by atoms with E-state index in [-0.39, 0.29) is 12.5 Å². The topological polar surface area (TPSA) is 137 Å². The number of hydrogen-bond donors (Lipinski definition) is 3. The summed E-state index contributed by atoms with van der Waals surface area (Å²) in [5, 5.41) is 11.9. The molecular formula is C26H32N2O7. The van der Waals surface area contributed by atoms with E-state index in [4.69, 9.17) is 19.9 Å². The van der Waals surface area contributed by atoms with Crippen molar-refractivity contribution in [2.24, 2.45) is 5.73 Å². The van der Waals surface area contributed by atoms with Gasteiger partial charge in [-0.1, -0.05) is 48.5 Å². The predicted molar refractivity (Wildman–Crippen MR) is 128 cm³/mol. The molecule has 2 aromatic carbocycles. The highest BCUT2D eigenvalue weighted by Gasteiger charge is 2.32. The fraction of sp³-hybridized carbons (Fsp3) is 0.423. The molecule has 0 saturated carbocycles. The Labute approximate surface area is 204 Å². The Morgan fingerprint density at radius 1 is 0.971 bits per heavy atom. The molecular weight excluding hydrogens is 452 g/mol. The van der Waals surface area contributed by atoms with Crippen molar-refractivity contribution in [2.45, 2.75) is 57.4 Å². The van der Waals surface area contributed by atoms with Crippen LogP contribution in [0.5, 0.6) is 0 Å². The Balaban J connectivity index is 1.67. The van der Waals surface area contributed by atoms with Crippen molar-refractivity contribution in [3.05, 3.63) is 59.7 Å². The number of benzene rings is 2. The van der Waals surface area contributed by atoms with Crippen LogP contribution in [0.4, 0.5) is 4.79 Å². The van der Waals surface area contributed by atoms with Gasteiger partial charge in [-0.3, -0.25) is 4.79 Å². The lowest BCUT2D eigenvalue weighted by Gasteiger charge is -2.25. The number of fused-ring (bicyclic) bond motifs is 3. The van der Waals surface area contributed by atoms with E-state index < -0.39 is 48.4 Å². The molecule has 4 N–H and O–H groups in total. The van der Waals surface area contributed by atoms with Crippen LogP contribution >= 0.6 is 0 Å². The summed E-state index contributed by atoms with van der Waals surface area (Å²) < 4.78 is 15.9. The maximum Gasteiger partial charge on any atom is 0.407 e. The monoisotopic (exact) mass is 484 g/mol. The Kier molecular flexibility index (Phi) is 8.14. The lowest BCUT2D eigenvalue weighted by molar-refractivity contribution is -0.161. The van der Waals surface area contributed by atoms with Gasteiger partial charge in [-0.05, 0) is 49.9 Å². The van der Waals surface area contributed by atoms with E-state index in [0.717, 1.165) is 22.3 Å². The molecule has 1 amide bonds. The summed E-state index contributed by atoms with van der Waals surface area (Å²) in [5.41, 5.74) is 9.00. The maximum absolute atomic E-state index is 12.6. The summed E-state index contributed by atoms with van der Waals surface area (Å²) in [5.74, 6) is -1.87. The molecule has 0 aromatic heterocycles. The van der Waals surface area contributed by atoms with Crippen molar-refractivity contribution in [1.82, 2.24) is 5.32 Å². The molecule has 0 fully saturated rings. The molecule has 2 aromatic rings. The first-order valence-corrected chi connectivity index (χ1v) is 11.4. The van der Waals surface area contributed by atoms with Gasteiger partial charge in [0.15, 0.2) is 6.04 Å². The van der Waals surface area contributed by atoms with Crippen molar-refractivity contribution < 1.29 is 33.7 Å². The summed E-state index contributed by atoms with van der Waals surface area (Å²) in [6, 6.07) is 13.2. The number of aliphatic hydroxyl groups is 1. The lowest BCUT2D eigenvalue weighted by Crippen LogP contribution is -2.49. The second-order valence-electron chi connectivity index (χ2n) is 9.45. The summed E-state index contributed by atoms with van der Waals surface area (Å²) in [7, 11) is 0. The smallest absolute Gasteiger partial charge is 0.407 e. The minimum absolute atomic E-state index is 0.0492. The number of nitrogens with two attached hydrogens (primary N) is 1. The number of carbonyl (C=O) groups excluding carboxylic acids is 3. The van der Waals surface area contributed by atoms with Crippen LogP contribution in [0.1, 0.15) is 44.7 Å². The second kappa shape index (κ2) is 10.9. The third-order valence-corrected chi connectivity index (χ3v) is 5.51. The number of alkyl carbamates (subject to hydrolysis) is 1. The Bertz CT molecular complexity index is 1030. The van der Waals surface area contributed by atoms with Crippen LogP contribution in [-0.2, 0) is 23.8 Å². The molecule has 3 rings (SSSR count). The van der Waals surface area contributed by atoms with Gasteiger partial charge in [-0.15, -0.1) is 0 Å². The summed E-state index contributed by atoms with van der Waals surface area (Å²) in [4.78, 5) is 37.3. The summed E-state index contributed by atoms with van der Waals surface area (Å²) >= 11 is 0. The minimum Gasteiger partial charge on any atom is -0.462 e. The molecule has 0 unspecified atom stereocenters. The second-order valence-corrected chi connectivity index (χ2v) is 9.45. The van der Waals surface area contributed by atoms with E-state index in [2.05, 4.69) is 5.32 Å². The Morgan fingerprint density at radius 3 is 2.03 bits per heavy atom. The maximum atomic E-state index is 12.6. The van der Waals surface area contributed by atoms with Crippen LogP contribution in [0.15, 0.2) is 48.5 Å². The molecule has 3 atom stereocenters. The van der Waals surface area contributed by atoms with Crippen molar-refractivity contribution >= 4 is 18.0 Å². The average Bonchev–Trinajstić information content (AvgIpc) is 3.12. The third-order valence-electron chi connectivity index (χ3n) is 5.51. The zero-order chi connectivity index (χ0) is 25.8. The molecule has 0 radical (unpaired) electrons. The van der Waals surface area contributed by atoms with E-state index in [1.165, 1.54) is 6.92 Å². The molecule has 35 heavy (non-hydrogen) atoms. The first-order valence-electron chi connectivity index (χ1n) is 11.4. The largest absolute Gasteiger partial charge is 0.462 e. The number of ether oxygens (including phenoxy) is 3. The number of rotatable bonds is 8. The van der Waals surface area contributed by atoms with Gasteiger partial charge in [0.2, 0.25) is 0 Å². The van der Waals surface area contributed by atoms with Gasteiger partial charge < -0.3 is 30.4 Å². The van der Waals surface area contributed by atoms with E-state index in [9.17, 15) is 19.5 Å². The molecule has 1 aliphatic carbocycles. The quantitative estimate of drug-likeness (QED) is 0.384. The van der Waals surface area contributed by atoms with Crippen LogP contribution in [0, 0.1) is 0 Å². The number of esters is 2. The molecule has 9 nitrogen and oxygen atoms in total.